The monoisotopic (exact) mass is 280 g/mol. The fraction of sp³-hybridized carbons (Fsp3) is 0.200. The number of hydrogen-bond acceptors (Lipinski definition) is 2. The summed E-state index contributed by atoms with van der Waals surface area (Å²) in [5, 5.41) is 10.1. The predicted octanol–water partition coefficient (Wildman–Crippen LogP) is 3.56. The highest BCUT2D eigenvalue weighted by molar-refractivity contribution is 5.79. The Morgan fingerprint density at radius 2 is 1.60 bits per heavy atom. The fourth-order valence-electron chi connectivity index (χ4n) is 2.55. The molecule has 0 aromatic heterocycles. The smallest absolute Gasteiger partial charge is 0.171 e. The SMILES string of the molecule is CCOc1ccc2c(c1F)C(O)c1c-2ccc(F)c1F. The normalized spacial score (nSPS) is 15.9. The Bertz CT molecular complexity index is 698. The van der Waals surface area contributed by atoms with Crippen molar-refractivity contribution < 1.29 is 23.0 Å². The molecule has 20 heavy (non-hydrogen) atoms. The molecule has 2 aromatic carbocycles. The second-order valence-corrected chi connectivity index (χ2v) is 4.50. The molecule has 0 radical (unpaired) electrons. The number of halogens is 3. The molecule has 0 fully saturated rings. The van der Waals surface area contributed by atoms with Crippen molar-refractivity contribution in [3.8, 4) is 16.9 Å². The first kappa shape index (κ1) is 13.0. The Balaban J connectivity index is 2.25. The van der Waals surface area contributed by atoms with Gasteiger partial charge < -0.3 is 9.84 Å². The third kappa shape index (κ3) is 1.63. The summed E-state index contributed by atoms with van der Waals surface area (Å²) < 4.78 is 46.5. The number of ether oxygens (including phenoxy) is 1. The van der Waals surface area contributed by atoms with Gasteiger partial charge in [-0.25, -0.2) is 13.2 Å². The van der Waals surface area contributed by atoms with Crippen LogP contribution in [0.5, 0.6) is 5.75 Å². The summed E-state index contributed by atoms with van der Waals surface area (Å²) in [7, 11) is 0. The first-order chi connectivity index (χ1) is 9.56. The molecule has 0 amide bonds. The maximum absolute atomic E-state index is 14.3. The molecule has 1 aliphatic carbocycles. The van der Waals surface area contributed by atoms with Crippen molar-refractivity contribution in [1.29, 1.82) is 0 Å². The van der Waals surface area contributed by atoms with Gasteiger partial charge >= 0.3 is 0 Å². The molecular formula is C15H11F3O2. The van der Waals surface area contributed by atoms with Gasteiger partial charge in [0.15, 0.2) is 23.2 Å². The number of benzene rings is 2. The molecule has 0 saturated carbocycles. The maximum atomic E-state index is 14.3. The quantitative estimate of drug-likeness (QED) is 0.911. The zero-order chi connectivity index (χ0) is 14.4. The van der Waals surface area contributed by atoms with Crippen molar-refractivity contribution in [2.24, 2.45) is 0 Å². The van der Waals surface area contributed by atoms with E-state index in [0.717, 1.165) is 6.07 Å². The largest absolute Gasteiger partial charge is 0.491 e. The lowest BCUT2D eigenvalue weighted by atomic mass is 10.1. The molecular weight excluding hydrogens is 269 g/mol. The summed E-state index contributed by atoms with van der Waals surface area (Å²) in [6.45, 7) is 1.97. The van der Waals surface area contributed by atoms with Crippen LogP contribution in [0.2, 0.25) is 0 Å². The summed E-state index contributed by atoms with van der Waals surface area (Å²) >= 11 is 0. The van der Waals surface area contributed by atoms with E-state index >= 15 is 0 Å². The van der Waals surface area contributed by atoms with Gasteiger partial charge in [-0.15, -0.1) is 0 Å². The molecule has 104 valence electrons. The molecule has 5 heteroatoms. The number of fused-ring (bicyclic) bond motifs is 3. The van der Waals surface area contributed by atoms with Crippen molar-refractivity contribution in [1.82, 2.24) is 0 Å². The van der Waals surface area contributed by atoms with E-state index < -0.39 is 23.6 Å². The van der Waals surface area contributed by atoms with E-state index in [2.05, 4.69) is 0 Å². The Labute approximate surface area is 113 Å². The van der Waals surface area contributed by atoms with Crippen LogP contribution >= 0.6 is 0 Å². The highest BCUT2D eigenvalue weighted by Crippen LogP contribution is 2.47. The molecule has 1 N–H and O–H groups in total. The average Bonchev–Trinajstić information content (AvgIpc) is 2.72. The van der Waals surface area contributed by atoms with Crippen molar-refractivity contribution in [2.45, 2.75) is 13.0 Å². The second kappa shape index (κ2) is 4.52. The summed E-state index contributed by atoms with van der Waals surface area (Å²) in [6.07, 6.45) is -1.53. The standard InChI is InChI=1S/C15H11F3O2/c1-2-20-10-6-4-8-7-3-5-9(16)13(17)11(7)15(19)12(8)14(10)18/h3-6,15,19H,2H2,1H3. The zero-order valence-electron chi connectivity index (χ0n) is 10.6. The third-order valence-electron chi connectivity index (χ3n) is 3.41. The zero-order valence-corrected chi connectivity index (χ0v) is 10.6. The lowest BCUT2D eigenvalue weighted by Gasteiger charge is -2.11. The van der Waals surface area contributed by atoms with Crippen LogP contribution in [0.15, 0.2) is 24.3 Å². The van der Waals surface area contributed by atoms with E-state index in [0.29, 0.717) is 11.1 Å². The van der Waals surface area contributed by atoms with Gasteiger partial charge in [-0.1, -0.05) is 12.1 Å². The van der Waals surface area contributed by atoms with Crippen LogP contribution in [-0.4, -0.2) is 11.7 Å². The Morgan fingerprint density at radius 1 is 1.00 bits per heavy atom. The van der Waals surface area contributed by atoms with Gasteiger partial charge in [0, 0.05) is 11.1 Å². The molecule has 1 aliphatic rings. The summed E-state index contributed by atoms with van der Waals surface area (Å²) in [4.78, 5) is 0. The first-order valence-corrected chi connectivity index (χ1v) is 6.17. The molecule has 0 heterocycles. The van der Waals surface area contributed by atoms with Crippen LogP contribution in [0.3, 0.4) is 0 Å². The number of aliphatic hydroxyl groups excluding tert-OH is 1. The van der Waals surface area contributed by atoms with Crippen molar-refractivity contribution >= 4 is 0 Å². The highest BCUT2D eigenvalue weighted by atomic mass is 19.2. The topological polar surface area (TPSA) is 29.5 Å². The van der Waals surface area contributed by atoms with E-state index in [1.807, 2.05) is 0 Å². The Hall–Kier alpha value is -2.01. The van der Waals surface area contributed by atoms with Gasteiger partial charge in [0.2, 0.25) is 0 Å². The highest BCUT2D eigenvalue weighted by Gasteiger charge is 2.35. The van der Waals surface area contributed by atoms with Crippen LogP contribution in [-0.2, 0) is 0 Å². The van der Waals surface area contributed by atoms with E-state index in [9.17, 15) is 18.3 Å². The summed E-state index contributed by atoms with van der Waals surface area (Å²) in [5.74, 6) is -2.98. The van der Waals surface area contributed by atoms with Crippen LogP contribution in [0.25, 0.3) is 11.1 Å². The molecule has 1 unspecified atom stereocenters. The van der Waals surface area contributed by atoms with Gasteiger partial charge in [-0.2, -0.15) is 0 Å². The van der Waals surface area contributed by atoms with Gasteiger partial charge in [0.1, 0.15) is 6.10 Å². The first-order valence-electron chi connectivity index (χ1n) is 6.17. The summed E-state index contributed by atoms with van der Waals surface area (Å²) in [5.41, 5.74) is 0.351. The number of aliphatic hydroxyl groups is 1. The van der Waals surface area contributed by atoms with Crippen LogP contribution in [0, 0.1) is 17.5 Å². The molecule has 3 rings (SSSR count). The molecule has 0 spiro atoms. The molecule has 1 atom stereocenters. The second-order valence-electron chi connectivity index (χ2n) is 4.50. The van der Waals surface area contributed by atoms with Crippen molar-refractivity contribution in [3.05, 3.63) is 52.8 Å². The maximum Gasteiger partial charge on any atom is 0.171 e. The third-order valence-corrected chi connectivity index (χ3v) is 3.41. The van der Waals surface area contributed by atoms with E-state index in [4.69, 9.17) is 4.74 Å². The van der Waals surface area contributed by atoms with Gasteiger partial charge in [-0.05, 0) is 30.2 Å². The van der Waals surface area contributed by atoms with Crippen molar-refractivity contribution in [3.63, 3.8) is 0 Å². The van der Waals surface area contributed by atoms with E-state index in [-0.39, 0.29) is 23.5 Å². The minimum absolute atomic E-state index is 0.0148. The lowest BCUT2D eigenvalue weighted by molar-refractivity contribution is 0.211. The molecule has 2 aromatic rings. The van der Waals surface area contributed by atoms with E-state index in [1.54, 1.807) is 6.92 Å². The van der Waals surface area contributed by atoms with Crippen molar-refractivity contribution in [2.75, 3.05) is 6.61 Å². The fourth-order valence-corrected chi connectivity index (χ4v) is 2.55. The molecule has 0 bridgehead atoms. The lowest BCUT2D eigenvalue weighted by Crippen LogP contribution is -2.03. The van der Waals surface area contributed by atoms with Gasteiger partial charge in [-0.3, -0.25) is 0 Å². The van der Waals surface area contributed by atoms with Crippen LogP contribution in [0.1, 0.15) is 24.2 Å². The Morgan fingerprint density at radius 3 is 2.25 bits per heavy atom. The molecule has 0 aliphatic heterocycles. The number of hydrogen-bond donors (Lipinski definition) is 1. The van der Waals surface area contributed by atoms with E-state index in [1.165, 1.54) is 18.2 Å². The van der Waals surface area contributed by atoms with Gasteiger partial charge in [0.25, 0.3) is 0 Å². The summed E-state index contributed by atoms with van der Waals surface area (Å²) in [6, 6.07) is 5.25. The molecule has 0 saturated heterocycles. The minimum atomic E-state index is -1.53. The predicted molar refractivity (Wildman–Crippen MR) is 67.0 cm³/mol. The van der Waals surface area contributed by atoms with Crippen LogP contribution in [0.4, 0.5) is 13.2 Å². The Kier molecular flexibility index (Phi) is 2.94. The van der Waals surface area contributed by atoms with Crippen LogP contribution < -0.4 is 4.74 Å². The number of rotatable bonds is 2. The average molecular weight is 280 g/mol. The molecule has 2 nitrogen and oxygen atoms in total. The van der Waals surface area contributed by atoms with Gasteiger partial charge in [0.05, 0.1) is 6.61 Å². The minimum Gasteiger partial charge on any atom is -0.491 e.